The van der Waals surface area contributed by atoms with E-state index in [1.807, 2.05) is 6.92 Å². The van der Waals surface area contributed by atoms with Crippen LogP contribution >= 0.6 is 0 Å². The molecule has 0 aliphatic heterocycles. The highest BCUT2D eigenvalue weighted by molar-refractivity contribution is 5.84. The minimum Gasteiger partial charge on any atom is -0.300 e. The lowest BCUT2D eigenvalue weighted by Crippen LogP contribution is -2.00. The number of Topliss-reactive ketones (excluding diaryl/α,β-unsaturated/α-hetero) is 2. The first-order valence-corrected chi connectivity index (χ1v) is 8.27. The van der Waals surface area contributed by atoms with E-state index in [1.54, 1.807) is 0 Å². The molecule has 0 amide bonds. The van der Waals surface area contributed by atoms with Crippen molar-refractivity contribution in [1.29, 1.82) is 0 Å². The molecule has 0 rings (SSSR count). The van der Waals surface area contributed by atoms with Gasteiger partial charge in [0.25, 0.3) is 0 Å². The minimum atomic E-state index is 0.0957. The number of rotatable bonds is 12. The monoisotopic (exact) mass is 302 g/mol. The third-order valence-corrected chi connectivity index (χ3v) is 3.39. The van der Waals surface area contributed by atoms with Gasteiger partial charge in [-0.15, -0.1) is 11.8 Å². The van der Waals surface area contributed by atoms with Gasteiger partial charge in [-0.3, -0.25) is 4.79 Å². The Morgan fingerprint density at radius 1 is 0.909 bits per heavy atom. The highest BCUT2D eigenvalue weighted by atomic mass is 16.1. The molecule has 0 heterocycles. The lowest BCUT2D eigenvalue weighted by molar-refractivity contribution is -0.123. The molecule has 0 unspecified atom stereocenters. The summed E-state index contributed by atoms with van der Waals surface area (Å²) in [4.78, 5) is 22.3. The molecule has 0 aromatic rings. The third kappa shape index (κ3) is 14.8. The van der Waals surface area contributed by atoms with E-state index in [2.05, 4.69) is 37.0 Å². The molecular formula is C20H30O2. The average Bonchev–Trinajstić information content (AvgIpc) is 2.48. The molecule has 22 heavy (non-hydrogen) atoms. The van der Waals surface area contributed by atoms with E-state index >= 15 is 0 Å². The maximum Gasteiger partial charge on any atom is 0.133 e. The fraction of sp³-hybridized carbons (Fsp3) is 0.600. The summed E-state index contributed by atoms with van der Waals surface area (Å²) in [5.41, 5.74) is 1.42. The maximum atomic E-state index is 11.5. The van der Waals surface area contributed by atoms with Gasteiger partial charge in [0.15, 0.2) is 0 Å². The molecular weight excluding hydrogens is 272 g/mol. The highest BCUT2D eigenvalue weighted by Crippen LogP contribution is 2.08. The maximum absolute atomic E-state index is 11.5. The molecule has 0 radical (unpaired) electrons. The summed E-state index contributed by atoms with van der Waals surface area (Å²) < 4.78 is 0. The number of unbranched alkanes of at least 4 members (excludes halogenated alkanes) is 2. The van der Waals surface area contributed by atoms with Crippen molar-refractivity contribution >= 4 is 11.6 Å². The predicted octanol–water partition coefficient (Wildman–Crippen LogP) is 5.18. The van der Waals surface area contributed by atoms with E-state index in [9.17, 15) is 9.59 Å². The summed E-state index contributed by atoms with van der Waals surface area (Å²) in [6.07, 6.45) is 14.0. The van der Waals surface area contributed by atoms with E-state index in [0.717, 1.165) is 38.5 Å². The Balaban J connectivity index is 3.59. The lowest BCUT2D eigenvalue weighted by atomic mass is 10.1. The second-order valence-corrected chi connectivity index (χ2v) is 5.66. The van der Waals surface area contributed by atoms with Crippen molar-refractivity contribution in [3.8, 4) is 11.8 Å². The molecule has 0 fully saturated rings. The van der Waals surface area contributed by atoms with Crippen LogP contribution < -0.4 is 0 Å². The Labute approximate surface area is 136 Å². The lowest BCUT2D eigenvalue weighted by Gasteiger charge is -1.98. The summed E-state index contributed by atoms with van der Waals surface area (Å²) in [7, 11) is 0. The molecule has 0 bridgehead atoms. The van der Waals surface area contributed by atoms with Gasteiger partial charge in [-0.1, -0.05) is 23.8 Å². The number of allylic oxidation sites excluding steroid dienone is 4. The van der Waals surface area contributed by atoms with Crippen LogP contribution in [0.25, 0.3) is 0 Å². The van der Waals surface area contributed by atoms with Gasteiger partial charge in [0.2, 0.25) is 0 Å². The van der Waals surface area contributed by atoms with E-state index in [4.69, 9.17) is 0 Å². The molecule has 0 N–H and O–H groups in total. The summed E-state index contributed by atoms with van der Waals surface area (Å²) in [6.45, 7) is 5.57. The molecule has 0 spiro atoms. The quantitative estimate of drug-likeness (QED) is 0.283. The number of hydrogen-bond donors (Lipinski definition) is 0. The molecule has 0 saturated heterocycles. The van der Waals surface area contributed by atoms with Gasteiger partial charge in [0.05, 0.1) is 0 Å². The predicted molar refractivity (Wildman–Crippen MR) is 93.6 cm³/mol. The Hall–Kier alpha value is -1.62. The zero-order valence-electron chi connectivity index (χ0n) is 14.4. The first-order valence-electron chi connectivity index (χ1n) is 8.27. The van der Waals surface area contributed by atoms with E-state index in [-0.39, 0.29) is 11.6 Å². The second kappa shape index (κ2) is 14.3. The molecule has 0 aromatic heterocycles. The van der Waals surface area contributed by atoms with Crippen LogP contribution in [0.3, 0.4) is 0 Å². The van der Waals surface area contributed by atoms with Gasteiger partial charge in [-0.2, -0.15) is 0 Å². The summed E-state index contributed by atoms with van der Waals surface area (Å²) in [6, 6.07) is 0. The zero-order chi connectivity index (χ0) is 16.6. The van der Waals surface area contributed by atoms with Crippen molar-refractivity contribution in [2.75, 3.05) is 0 Å². The van der Waals surface area contributed by atoms with Crippen molar-refractivity contribution in [3.63, 3.8) is 0 Å². The normalized spacial score (nSPS) is 11.3. The molecule has 2 heteroatoms. The number of hydrogen-bond acceptors (Lipinski definition) is 2. The van der Waals surface area contributed by atoms with Gasteiger partial charge >= 0.3 is 0 Å². The van der Waals surface area contributed by atoms with Crippen LogP contribution in [0, 0.1) is 11.8 Å². The zero-order valence-corrected chi connectivity index (χ0v) is 14.4. The van der Waals surface area contributed by atoms with Crippen molar-refractivity contribution in [2.24, 2.45) is 0 Å². The molecule has 2 nitrogen and oxygen atoms in total. The standard InChI is InChI=1S/C20H30O2/c1-4-5-6-10-13-18(2)14-11-8-7-9-12-15-20(22)17-16-19(3)21/h7-8,13H,6,9-12,14-17H2,1-3H3/b8-7+,18-13+. The molecule has 0 aliphatic rings. The summed E-state index contributed by atoms with van der Waals surface area (Å²) >= 11 is 0. The van der Waals surface area contributed by atoms with Crippen LogP contribution in [0.4, 0.5) is 0 Å². The first-order chi connectivity index (χ1) is 10.6. The second-order valence-electron chi connectivity index (χ2n) is 5.66. The van der Waals surface area contributed by atoms with Crippen molar-refractivity contribution in [1.82, 2.24) is 0 Å². The van der Waals surface area contributed by atoms with Crippen LogP contribution in [-0.4, -0.2) is 11.6 Å². The van der Waals surface area contributed by atoms with Gasteiger partial charge in [-0.25, -0.2) is 0 Å². The summed E-state index contributed by atoms with van der Waals surface area (Å²) in [5.74, 6) is 6.27. The number of ketones is 2. The van der Waals surface area contributed by atoms with Crippen LogP contribution in [0.1, 0.15) is 78.6 Å². The smallest absolute Gasteiger partial charge is 0.133 e. The van der Waals surface area contributed by atoms with E-state index in [0.29, 0.717) is 19.3 Å². The fourth-order valence-electron chi connectivity index (χ4n) is 2.02. The fourth-order valence-corrected chi connectivity index (χ4v) is 2.02. The van der Waals surface area contributed by atoms with Gasteiger partial charge in [0, 0.05) is 25.7 Å². The largest absolute Gasteiger partial charge is 0.300 e. The summed E-state index contributed by atoms with van der Waals surface area (Å²) in [5, 5.41) is 0. The third-order valence-electron chi connectivity index (χ3n) is 3.39. The van der Waals surface area contributed by atoms with Crippen LogP contribution in [-0.2, 0) is 9.59 Å². The molecule has 0 aromatic carbocycles. The minimum absolute atomic E-state index is 0.0957. The average molecular weight is 302 g/mol. The molecule has 0 atom stereocenters. The van der Waals surface area contributed by atoms with Crippen LogP contribution in [0.2, 0.25) is 0 Å². The highest BCUT2D eigenvalue weighted by Gasteiger charge is 2.02. The Morgan fingerprint density at radius 2 is 1.64 bits per heavy atom. The van der Waals surface area contributed by atoms with Gasteiger partial charge < -0.3 is 4.79 Å². The number of carbonyl (C=O) groups is 2. The van der Waals surface area contributed by atoms with Crippen molar-refractivity contribution in [2.45, 2.75) is 78.6 Å². The molecule has 0 aliphatic carbocycles. The topological polar surface area (TPSA) is 34.1 Å². The Kier molecular flexibility index (Phi) is 13.3. The Bertz CT molecular complexity index is 444. The van der Waals surface area contributed by atoms with E-state index < -0.39 is 0 Å². The van der Waals surface area contributed by atoms with Gasteiger partial charge in [0.1, 0.15) is 11.6 Å². The molecule has 122 valence electrons. The SMILES string of the molecule is CC#CCC/C=C(\C)CC/C=C/CCCC(=O)CCC(C)=O. The Morgan fingerprint density at radius 3 is 2.32 bits per heavy atom. The first kappa shape index (κ1) is 20.4. The van der Waals surface area contributed by atoms with E-state index in [1.165, 1.54) is 12.5 Å². The number of carbonyl (C=O) groups excluding carboxylic acids is 2. The van der Waals surface area contributed by atoms with Crippen molar-refractivity contribution < 1.29 is 9.59 Å². The van der Waals surface area contributed by atoms with Gasteiger partial charge in [-0.05, 0) is 52.9 Å². The van der Waals surface area contributed by atoms with Crippen molar-refractivity contribution in [3.05, 3.63) is 23.8 Å². The van der Waals surface area contributed by atoms with Crippen LogP contribution in [0.5, 0.6) is 0 Å². The molecule has 0 saturated carbocycles. The van der Waals surface area contributed by atoms with Crippen LogP contribution in [0.15, 0.2) is 23.8 Å².